The molecule has 0 spiro atoms. The van der Waals surface area contributed by atoms with Crippen LogP contribution in [0.3, 0.4) is 0 Å². The van der Waals surface area contributed by atoms with Crippen molar-refractivity contribution in [2.24, 2.45) is 0 Å². The molecule has 2 aromatic rings. The predicted octanol–water partition coefficient (Wildman–Crippen LogP) is 3.17. The molecule has 25 heavy (non-hydrogen) atoms. The van der Waals surface area contributed by atoms with Gasteiger partial charge in [-0.2, -0.15) is 5.10 Å². The first-order chi connectivity index (χ1) is 11.8. The number of hydrogen-bond acceptors (Lipinski definition) is 4. The molecule has 0 saturated heterocycles. The van der Waals surface area contributed by atoms with Crippen molar-refractivity contribution in [1.29, 1.82) is 0 Å². The Kier molecular flexibility index (Phi) is 4.82. The number of ether oxygens (including phenoxy) is 2. The minimum absolute atomic E-state index is 0.0922. The van der Waals surface area contributed by atoms with Gasteiger partial charge in [0.25, 0.3) is 0 Å². The van der Waals surface area contributed by atoms with Crippen molar-refractivity contribution < 1.29 is 9.47 Å². The highest BCUT2D eigenvalue weighted by molar-refractivity contribution is 6.32. The van der Waals surface area contributed by atoms with Gasteiger partial charge in [-0.3, -0.25) is 4.57 Å². The molecule has 1 aliphatic heterocycles. The van der Waals surface area contributed by atoms with Crippen LogP contribution < -0.4 is 15.2 Å². The molecule has 1 aromatic carbocycles. The molecule has 2 heterocycles. The van der Waals surface area contributed by atoms with E-state index in [1.54, 1.807) is 4.57 Å². The van der Waals surface area contributed by atoms with Crippen LogP contribution in [0.15, 0.2) is 16.9 Å². The Bertz CT molecular complexity index is 833. The van der Waals surface area contributed by atoms with E-state index < -0.39 is 0 Å². The standard InChI is InChI=1S/C18H24ClN3O3/c1-12-20-22(18(2,3)4)17(23)21(12)7-6-13-10-14(19)16-15(11-13)24-8-5-9-25-16/h10-11H,5-9H2,1-4H3. The maximum absolute atomic E-state index is 12.6. The summed E-state index contributed by atoms with van der Waals surface area (Å²) in [6, 6.07) is 3.82. The van der Waals surface area contributed by atoms with Crippen LogP contribution in [0.5, 0.6) is 11.5 Å². The van der Waals surface area contributed by atoms with Gasteiger partial charge in [0.1, 0.15) is 5.82 Å². The summed E-state index contributed by atoms with van der Waals surface area (Å²) in [5, 5.41) is 4.94. The second-order valence-electron chi connectivity index (χ2n) is 7.27. The molecule has 1 aromatic heterocycles. The van der Waals surface area contributed by atoms with E-state index in [2.05, 4.69) is 5.10 Å². The van der Waals surface area contributed by atoms with Gasteiger partial charge >= 0.3 is 5.69 Å². The molecule has 0 fully saturated rings. The van der Waals surface area contributed by atoms with Crippen molar-refractivity contribution in [3.63, 3.8) is 0 Å². The third-order valence-electron chi connectivity index (χ3n) is 4.17. The highest BCUT2D eigenvalue weighted by Crippen LogP contribution is 2.38. The van der Waals surface area contributed by atoms with E-state index >= 15 is 0 Å². The Hall–Kier alpha value is -1.95. The minimum atomic E-state index is -0.342. The van der Waals surface area contributed by atoms with Crippen LogP contribution in [0.4, 0.5) is 0 Å². The summed E-state index contributed by atoms with van der Waals surface area (Å²) in [6.45, 7) is 9.51. The van der Waals surface area contributed by atoms with E-state index in [0.29, 0.717) is 48.5 Å². The molecular weight excluding hydrogens is 342 g/mol. The van der Waals surface area contributed by atoms with E-state index in [1.165, 1.54) is 4.68 Å². The van der Waals surface area contributed by atoms with E-state index in [4.69, 9.17) is 21.1 Å². The van der Waals surface area contributed by atoms with Crippen molar-refractivity contribution >= 4 is 11.6 Å². The van der Waals surface area contributed by atoms with Gasteiger partial charge in [0, 0.05) is 13.0 Å². The summed E-state index contributed by atoms with van der Waals surface area (Å²) in [7, 11) is 0. The van der Waals surface area contributed by atoms with E-state index in [-0.39, 0.29) is 11.2 Å². The summed E-state index contributed by atoms with van der Waals surface area (Å²) in [5.41, 5.74) is 0.570. The topological polar surface area (TPSA) is 58.3 Å². The van der Waals surface area contributed by atoms with Crippen LogP contribution in [0.25, 0.3) is 0 Å². The second-order valence-corrected chi connectivity index (χ2v) is 7.68. The van der Waals surface area contributed by atoms with Crippen LogP contribution >= 0.6 is 11.6 Å². The van der Waals surface area contributed by atoms with Gasteiger partial charge in [0.15, 0.2) is 11.5 Å². The molecule has 7 heteroatoms. The molecule has 0 aliphatic carbocycles. The smallest absolute Gasteiger partial charge is 0.346 e. The lowest BCUT2D eigenvalue weighted by atomic mass is 10.1. The van der Waals surface area contributed by atoms with E-state index in [1.807, 2.05) is 39.8 Å². The molecule has 0 radical (unpaired) electrons. The Morgan fingerprint density at radius 1 is 1.24 bits per heavy atom. The minimum Gasteiger partial charge on any atom is -0.489 e. The Balaban J connectivity index is 1.83. The van der Waals surface area contributed by atoms with Gasteiger partial charge in [-0.05, 0) is 51.8 Å². The molecule has 0 amide bonds. The van der Waals surface area contributed by atoms with E-state index in [0.717, 1.165) is 12.0 Å². The normalized spacial score (nSPS) is 14.4. The van der Waals surface area contributed by atoms with Crippen molar-refractivity contribution in [2.75, 3.05) is 13.2 Å². The highest BCUT2D eigenvalue weighted by atomic mass is 35.5. The number of aryl methyl sites for hydroxylation is 2. The van der Waals surface area contributed by atoms with Crippen LogP contribution in [0, 0.1) is 6.92 Å². The lowest BCUT2D eigenvalue weighted by molar-refractivity contribution is 0.297. The van der Waals surface area contributed by atoms with Crippen molar-refractivity contribution in [2.45, 2.75) is 52.6 Å². The quantitative estimate of drug-likeness (QED) is 0.838. The number of benzene rings is 1. The molecule has 0 bridgehead atoms. The summed E-state index contributed by atoms with van der Waals surface area (Å²) >= 11 is 6.34. The van der Waals surface area contributed by atoms with Gasteiger partial charge in [0.05, 0.1) is 23.8 Å². The summed E-state index contributed by atoms with van der Waals surface area (Å²) in [5.74, 6) is 1.99. The van der Waals surface area contributed by atoms with Crippen molar-refractivity contribution in [3.05, 3.63) is 39.0 Å². The van der Waals surface area contributed by atoms with Gasteiger partial charge < -0.3 is 9.47 Å². The third kappa shape index (κ3) is 3.68. The molecule has 0 N–H and O–H groups in total. The maximum atomic E-state index is 12.6. The number of halogens is 1. The first kappa shape index (κ1) is 17.9. The zero-order valence-electron chi connectivity index (χ0n) is 15.1. The molecule has 3 rings (SSSR count). The third-order valence-corrected chi connectivity index (χ3v) is 4.45. The zero-order valence-corrected chi connectivity index (χ0v) is 15.9. The number of aromatic nitrogens is 3. The summed E-state index contributed by atoms with van der Waals surface area (Å²) in [4.78, 5) is 12.6. The van der Waals surface area contributed by atoms with Crippen LogP contribution in [0.1, 0.15) is 38.6 Å². The molecule has 0 atom stereocenters. The fourth-order valence-corrected chi connectivity index (χ4v) is 3.15. The highest BCUT2D eigenvalue weighted by Gasteiger charge is 2.21. The Labute approximate surface area is 152 Å². The predicted molar refractivity (Wildman–Crippen MR) is 97.0 cm³/mol. The molecule has 0 unspecified atom stereocenters. The van der Waals surface area contributed by atoms with Gasteiger partial charge in [0.2, 0.25) is 0 Å². The molecule has 1 aliphatic rings. The lowest BCUT2D eigenvalue weighted by Crippen LogP contribution is -2.36. The Morgan fingerprint density at radius 3 is 2.64 bits per heavy atom. The fraction of sp³-hybridized carbons (Fsp3) is 0.556. The summed E-state index contributed by atoms with van der Waals surface area (Å²) < 4.78 is 14.6. The molecule has 0 saturated carbocycles. The molecule has 6 nitrogen and oxygen atoms in total. The van der Waals surface area contributed by atoms with Gasteiger partial charge in [-0.1, -0.05) is 11.6 Å². The lowest BCUT2D eigenvalue weighted by Gasteiger charge is -2.16. The number of nitrogens with zero attached hydrogens (tertiary/aromatic N) is 3. The fourth-order valence-electron chi connectivity index (χ4n) is 2.86. The molecule has 136 valence electrons. The van der Waals surface area contributed by atoms with Crippen molar-refractivity contribution in [3.8, 4) is 11.5 Å². The SMILES string of the molecule is Cc1nn(C(C)(C)C)c(=O)n1CCc1cc(Cl)c2c(c1)OCCCO2. The Morgan fingerprint density at radius 2 is 1.96 bits per heavy atom. The first-order valence-corrected chi connectivity index (χ1v) is 8.90. The average Bonchev–Trinajstić information content (AvgIpc) is 2.71. The van der Waals surface area contributed by atoms with Crippen LogP contribution in [-0.2, 0) is 18.5 Å². The maximum Gasteiger partial charge on any atom is 0.346 e. The van der Waals surface area contributed by atoms with Crippen LogP contribution in [0.2, 0.25) is 5.02 Å². The van der Waals surface area contributed by atoms with E-state index in [9.17, 15) is 4.79 Å². The monoisotopic (exact) mass is 365 g/mol. The number of fused-ring (bicyclic) bond motifs is 1. The summed E-state index contributed by atoms with van der Waals surface area (Å²) in [6.07, 6.45) is 1.49. The second kappa shape index (κ2) is 6.75. The van der Waals surface area contributed by atoms with Gasteiger partial charge in [-0.15, -0.1) is 0 Å². The number of rotatable bonds is 3. The largest absolute Gasteiger partial charge is 0.489 e. The number of hydrogen-bond donors (Lipinski definition) is 0. The van der Waals surface area contributed by atoms with Crippen molar-refractivity contribution in [1.82, 2.24) is 14.3 Å². The van der Waals surface area contributed by atoms with Gasteiger partial charge in [-0.25, -0.2) is 9.48 Å². The van der Waals surface area contributed by atoms with Crippen LogP contribution in [-0.4, -0.2) is 27.6 Å². The first-order valence-electron chi connectivity index (χ1n) is 8.52. The zero-order chi connectivity index (χ0) is 18.2. The molecular formula is C18H24ClN3O3. The average molecular weight is 366 g/mol.